The summed E-state index contributed by atoms with van der Waals surface area (Å²) in [5.74, 6) is 2.12. The Morgan fingerprint density at radius 3 is 2.28 bits per heavy atom. The number of aryl methyl sites for hydroxylation is 1. The van der Waals surface area contributed by atoms with Crippen LogP contribution < -0.4 is 16.0 Å². The van der Waals surface area contributed by atoms with Gasteiger partial charge in [-0.05, 0) is 74.4 Å². The van der Waals surface area contributed by atoms with E-state index < -0.39 is 0 Å². The number of carbonyl (C=O) groups excluding carboxylic acids is 1. The van der Waals surface area contributed by atoms with Gasteiger partial charge in [0.2, 0.25) is 5.91 Å². The van der Waals surface area contributed by atoms with E-state index in [4.69, 9.17) is 11.1 Å². The summed E-state index contributed by atoms with van der Waals surface area (Å²) in [5.41, 5.74) is 9.39. The molecule has 2 aromatic rings. The summed E-state index contributed by atoms with van der Waals surface area (Å²) in [5, 5.41) is 10.8. The van der Waals surface area contributed by atoms with E-state index in [2.05, 4.69) is 42.0 Å². The molecule has 0 bridgehead atoms. The summed E-state index contributed by atoms with van der Waals surface area (Å²) in [7, 11) is 2.66. The number of halogens is 1. The number of allylic oxidation sites excluding steroid dienone is 1. The summed E-state index contributed by atoms with van der Waals surface area (Å²) in [6.45, 7) is 16.7. The number of pyridine rings is 1. The van der Waals surface area contributed by atoms with Crippen LogP contribution in [0.4, 0.5) is 15.9 Å². The van der Waals surface area contributed by atoms with E-state index in [0.717, 1.165) is 42.4 Å². The number of terminal acetylenes is 1. The number of carbonyl (C=O) groups is 1. The van der Waals surface area contributed by atoms with E-state index in [1.165, 1.54) is 30.1 Å². The molecule has 0 spiro atoms. The SMILES string of the molecule is C#C.CC.CC.CC.CNCCP/C=C(\C=N)c1ccc2c(c1)CC[C@H](C)N2C(C)=O.Nc1cc(F)ccn1. The molecule has 1 unspecified atom stereocenters. The predicted octanol–water partition coefficient (Wildman–Crippen LogP) is 7.39. The first kappa shape index (κ1) is 40.4. The average Bonchev–Trinajstić information content (AvgIpc) is 2.97. The van der Waals surface area contributed by atoms with Crippen LogP contribution in [0.5, 0.6) is 0 Å². The second-order valence-corrected chi connectivity index (χ2v) is 8.52. The minimum Gasteiger partial charge on any atom is -0.384 e. The quantitative estimate of drug-likeness (QED) is 0.149. The van der Waals surface area contributed by atoms with Crippen molar-refractivity contribution in [1.82, 2.24) is 10.3 Å². The third-order valence-corrected chi connectivity index (χ3v) is 6.01. The van der Waals surface area contributed by atoms with Gasteiger partial charge in [0.05, 0.1) is 0 Å². The highest BCUT2D eigenvalue weighted by molar-refractivity contribution is 7.42. The van der Waals surface area contributed by atoms with Crippen LogP contribution in [-0.4, -0.2) is 42.9 Å². The third-order valence-electron chi connectivity index (χ3n) is 4.96. The number of nitrogens with zero attached hydrogens (tertiary/aromatic N) is 2. The van der Waals surface area contributed by atoms with Gasteiger partial charge in [0.1, 0.15) is 11.6 Å². The lowest BCUT2D eigenvalue weighted by Crippen LogP contribution is -2.40. The molecule has 0 aliphatic carbocycles. The van der Waals surface area contributed by atoms with Gasteiger partial charge in [-0.3, -0.25) is 4.79 Å². The van der Waals surface area contributed by atoms with Crippen LogP contribution in [0.25, 0.3) is 5.57 Å². The van der Waals surface area contributed by atoms with Gasteiger partial charge in [0.25, 0.3) is 0 Å². The number of benzene rings is 1. The van der Waals surface area contributed by atoms with Crippen LogP contribution in [0.2, 0.25) is 0 Å². The molecule has 0 saturated heterocycles. The number of nitrogens with two attached hydrogens (primary N) is 1. The zero-order chi connectivity index (χ0) is 30.8. The molecule has 8 heteroatoms. The maximum Gasteiger partial charge on any atom is 0.224 e. The molecule has 3 rings (SSSR count). The molecule has 0 saturated carbocycles. The Morgan fingerprint density at radius 1 is 1.21 bits per heavy atom. The van der Waals surface area contributed by atoms with E-state index in [-0.39, 0.29) is 23.6 Å². The lowest BCUT2D eigenvalue weighted by molar-refractivity contribution is -0.117. The van der Waals surface area contributed by atoms with Crippen molar-refractivity contribution in [1.29, 1.82) is 5.41 Å². The smallest absolute Gasteiger partial charge is 0.224 e. The van der Waals surface area contributed by atoms with E-state index in [1.807, 2.05) is 65.6 Å². The van der Waals surface area contributed by atoms with Gasteiger partial charge in [-0.25, -0.2) is 9.37 Å². The molecule has 1 aliphatic heterocycles. The fourth-order valence-corrected chi connectivity index (χ4v) is 4.43. The number of amides is 1. The van der Waals surface area contributed by atoms with Crippen molar-refractivity contribution in [3.8, 4) is 12.8 Å². The first-order chi connectivity index (χ1) is 18.9. The highest BCUT2D eigenvalue weighted by atomic mass is 31.1. The molecule has 1 aromatic carbocycles. The van der Waals surface area contributed by atoms with Crippen molar-refractivity contribution >= 4 is 37.8 Å². The lowest BCUT2D eigenvalue weighted by atomic mass is 9.93. The summed E-state index contributed by atoms with van der Waals surface area (Å²) < 4.78 is 12.0. The van der Waals surface area contributed by atoms with Gasteiger partial charge in [0.15, 0.2) is 0 Å². The monoisotopic (exact) mass is 559 g/mol. The van der Waals surface area contributed by atoms with Crippen LogP contribution in [0.3, 0.4) is 0 Å². The molecule has 39 heavy (non-hydrogen) atoms. The second-order valence-electron chi connectivity index (χ2n) is 7.32. The van der Waals surface area contributed by atoms with Gasteiger partial charge in [-0.2, -0.15) is 0 Å². The van der Waals surface area contributed by atoms with Crippen molar-refractivity contribution in [2.75, 3.05) is 30.4 Å². The molecule has 1 aromatic heterocycles. The maximum atomic E-state index is 12.0. The maximum absolute atomic E-state index is 12.0. The fourth-order valence-electron chi connectivity index (χ4n) is 3.42. The number of hydrogen-bond donors (Lipinski definition) is 3. The highest BCUT2D eigenvalue weighted by Crippen LogP contribution is 2.33. The first-order valence-electron chi connectivity index (χ1n) is 13.6. The number of hydrogen-bond acceptors (Lipinski definition) is 5. The number of nitrogen functional groups attached to an aromatic ring is 1. The zero-order valence-corrected chi connectivity index (χ0v) is 26.4. The lowest BCUT2D eigenvalue weighted by Gasteiger charge is -2.34. The third kappa shape index (κ3) is 15.8. The van der Waals surface area contributed by atoms with Crippen LogP contribution in [0, 0.1) is 24.1 Å². The molecule has 2 heterocycles. The van der Waals surface area contributed by atoms with Gasteiger partial charge in [-0.15, -0.1) is 12.8 Å². The van der Waals surface area contributed by atoms with Crippen molar-refractivity contribution in [2.45, 2.75) is 74.3 Å². The Bertz CT molecular complexity index is 961. The Morgan fingerprint density at radius 2 is 1.82 bits per heavy atom. The molecular weight excluding hydrogens is 508 g/mol. The zero-order valence-electron chi connectivity index (χ0n) is 25.4. The van der Waals surface area contributed by atoms with E-state index >= 15 is 0 Å². The minimum absolute atomic E-state index is 0.0996. The van der Waals surface area contributed by atoms with Gasteiger partial charge in [0, 0.05) is 37.1 Å². The summed E-state index contributed by atoms with van der Waals surface area (Å²) in [4.78, 5) is 17.4. The summed E-state index contributed by atoms with van der Waals surface area (Å²) in [6.07, 6.45) is 13.8. The van der Waals surface area contributed by atoms with Gasteiger partial charge >= 0.3 is 0 Å². The Hall–Kier alpha value is -3.07. The minimum atomic E-state index is -0.350. The normalized spacial score (nSPS) is 13.2. The number of anilines is 2. The van der Waals surface area contributed by atoms with Crippen LogP contribution in [-0.2, 0) is 11.2 Å². The fraction of sp³-hybridized carbons (Fsp3) is 0.452. The summed E-state index contributed by atoms with van der Waals surface area (Å²) in [6, 6.07) is 8.89. The molecule has 2 atom stereocenters. The standard InChI is InChI=1S/C18H26N3OP.C5H5FN2.3C2H6.C2H2/c1-13-4-5-16-10-15(6-7-18(16)21(13)14(2)22)17(11-19)12-23-9-8-20-3;6-4-1-2-8-5(7)3-4;4*1-2/h6-7,10-13,19-20,23H,4-5,8-9H2,1-3H3;1-3H,(H2,7,8);3*1-2H3;1-2H/b17-12+,19-11?;;;;;/t13-;;;;;/m0...../s1. The molecule has 0 radical (unpaired) electrons. The molecule has 4 N–H and O–H groups in total. The molecular formula is C31H51FN5OP. The number of fused-ring (bicyclic) bond motifs is 1. The molecule has 0 fully saturated rings. The first-order valence-corrected chi connectivity index (χ1v) is 14.9. The van der Waals surface area contributed by atoms with E-state index in [9.17, 15) is 9.18 Å². The number of nitrogens with one attached hydrogen (secondary N) is 2. The van der Waals surface area contributed by atoms with Crippen LogP contribution in [0.1, 0.15) is 72.9 Å². The summed E-state index contributed by atoms with van der Waals surface area (Å²) >= 11 is 0. The largest absolute Gasteiger partial charge is 0.384 e. The predicted molar refractivity (Wildman–Crippen MR) is 174 cm³/mol. The highest BCUT2D eigenvalue weighted by Gasteiger charge is 2.26. The molecule has 6 nitrogen and oxygen atoms in total. The molecule has 1 aliphatic rings. The van der Waals surface area contributed by atoms with Crippen LogP contribution >= 0.6 is 8.58 Å². The van der Waals surface area contributed by atoms with Gasteiger partial charge < -0.3 is 21.4 Å². The average molecular weight is 560 g/mol. The van der Waals surface area contributed by atoms with Gasteiger partial charge in [-0.1, -0.05) is 62.0 Å². The van der Waals surface area contributed by atoms with Crippen LogP contribution in [0.15, 0.2) is 42.3 Å². The van der Waals surface area contributed by atoms with Crippen molar-refractivity contribution in [3.05, 3.63) is 59.3 Å². The van der Waals surface area contributed by atoms with Crippen molar-refractivity contribution < 1.29 is 9.18 Å². The Labute approximate surface area is 239 Å². The number of aromatic nitrogens is 1. The van der Waals surface area contributed by atoms with E-state index in [1.54, 1.807) is 6.92 Å². The second kappa shape index (κ2) is 26.5. The number of rotatable bonds is 6. The Kier molecular flexibility index (Phi) is 27.5. The van der Waals surface area contributed by atoms with E-state index in [0.29, 0.717) is 8.58 Å². The van der Waals surface area contributed by atoms with Crippen molar-refractivity contribution in [3.63, 3.8) is 0 Å². The Balaban J connectivity index is -0.000000672. The van der Waals surface area contributed by atoms with Crippen molar-refractivity contribution in [2.24, 2.45) is 0 Å². The molecule has 1 amide bonds. The molecule has 218 valence electrons. The topological polar surface area (TPSA) is 95.1 Å².